The van der Waals surface area contributed by atoms with Gasteiger partial charge in [-0.15, -0.1) is 0 Å². The number of hydrogen-bond acceptors (Lipinski definition) is 4. The lowest BCUT2D eigenvalue weighted by molar-refractivity contribution is 0.140. The number of aromatic nitrogens is 2. The molecule has 0 saturated heterocycles. The smallest absolute Gasteiger partial charge is 0.115 e. The Hall–Kier alpha value is -1.78. The van der Waals surface area contributed by atoms with Crippen LogP contribution in [0.1, 0.15) is 22.7 Å². The van der Waals surface area contributed by atoms with Crippen LogP contribution in [0.2, 0.25) is 0 Å². The number of fused-ring (bicyclic) bond motifs is 1. The van der Waals surface area contributed by atoms with Crippen molar-refractivity contribution in [1.29, 1.82) is 0 Å². The van der Waals surface area contributed by atoms with Gasteiger partial charge in [-0.05, 0) is 11.1 Å². The highest BCUT2D eigenvalue weighted by Crippen LogP contribution is 2.31. The summed E-state index contributed by atoms with van der Waals surface area (Å²) in [6.45, 7) is 0.664. The molecule has 4 nitrogen and oxygen atoms in total. The molecule has 1 heterocycles. The molecule has 2 atom stereocenters. The van der Waals surface area contributed by atoms with Crippen LogP contribution in [-0.2, 0) is 13.0 Å². The van der Waals surface area contributed by atoms with Crippen molar-refractivity contribution in [3.8, 4) is 0 Å². The van der Waals surface area contributed by atoms with Gasteiger partial charge in [-0.2, -0.15) is 0 Å². The molecular formula is C14H15N3O. The minimum absolute atomic E-state index is 0.00130. The summed E-state index contributed by atoms with van der Waals surface area (Å²) >= 11 is 0. The fraction of sp³-hybridized carbons (Fsp3) is 0.286. The van der Waals surface area contributed by atoms with E-state index in [1.807, 2.05) is 12.1 Å². The van der Waals surface area contributed by atoms with E-state index >= 15 is 0 Å². The van der Waals surface area contributed by atoms with Crippen LogP contribution < -0.4 is 5.32 Å². The van der Waals surface area contributed by atoms with E-state index in [-0.39, 0.29) is 12.1 Å². The third-order valence-corrected chi connectivity index (χ3v) is 3.34. The van der Waals surface area contributed by atoms with Gasteiger partial charge in [0.1, 0.15) is 6.33 Å². The van der Waals surface area contributed by atoms with Crippen molar-refractivity contribution in [2.75, 3.05) is 0 Å². The molecule has 1 aromatic carbocycles. The number of nitrogens with zero attached hydrogens (tertiary/aromatic N) is 2. The quantitative estimate of drug-likeness (QED) is 0.848. The van der Waals surface area contributed by atoms with E-state index in [1.54, 1.807) is 12.4 Å². The maximum absolute atomic E-state index is 10.1. The molecule has 4 heteroatoms. The first-order valence-corrected chi connectivity index (χ1v) is 6.08. The second kappa shape index (κ2) is 4.84. The molecule has 0 saturated carbocycles. The normalized spacial score (nSPS) is 21.8. The standard InChI is InChI=1S/C14H15N3O/c18-13-5-11-3-1-2-4-12(11)14(13)17-8-10-6-15-9-16-7-10/h1-4,6-7,9,13-14,17-18H,5,8H2/t13-,14-/m1/s1. The molecule has 0 bridgehead atoms. The molecule has 1 aliphatic carbocycles. The van der Waals surface area contributed by atoms with E-state index in [0.717, 1.165) is 12.0 Å². The molecule has 92 valence electrons. The topological polar surface area (TPSA) is 58.0 Å². The second-order valence-corrected chi connectivity index (χ2v) is 4.58. The lowest BCUT2D eigenvalue weighted by Gasteiger charge is -2.17. The zero-order chi connectivity index (χ0) is 12.4. The highest BCUT2D eigenvalue weighted by molar-refractivity contribution is 5.36. The molecule has 18 heavy (non-hydrogen) atoms. The van der Waals surface area contributed by atoms with Gasteiger partial charge in [0.25, 0.3) is 0 Å². The van der Waals surface area contributed by atoms with Gasteiger partial charge in [-0.1, -0.05) is 24.3 Å². The van der Waals surface area contributed by atoms with Crippen LogP contribution in [0.3, 0.4) is 0 Å². The Morgan fingerprint density at radius 2 is 2.00 bits per heavy atom. The van der Waals surface area contributed by atoms with Gasteiger partial charge in [-0.3, -0.25) is 0 Å². The zero-order valence-corrected chi connectivity index (χ0v) is 9.95. The van der Waals surface area contributed by atoms with E-state index in [4.69, 9.17) is 0 Å². The van der Waals surface area contributed by atoms with Crippen molar-refractivity contribution in [1.82, 2.24) is 15.3 Å². The number of nitrogens with one attached hydrogen (secondary N) is 1. The summed E-state index contributed by atoms with van der Waals surface area (Å²) in [5.74, 6) is 0. The van der Waals surface area contributed by atoms with E-state index < -0.39 is 0 Å². The van der Waals surface area contributed by atoms with Gasteiger partial charge in [0, 0.05) is 30.9 Å². The molecule has 1 aromatic heterocycles. The number of rotatable bonds is 3. The minimum atomic E-state index is -0.355. The predicted molar refractivity (Wildman–Crippen MR) is 67.8 cm³/mol. The van der Waals surface area contributed by atoms with Crippen LogP contribution in [0.5, 0.6) is 0 Å². The lowest BCUT2D eigenvalue weighted by atomic mass is 10.1. The molecule has 0 radical (unpaired) electrons. The molecule has 0 fully saturated rings. The van der Waals surface area contributed by atoms with E-state index in [9.17, 15) is 5.11 Å². The van der Waals surface area contributed by atoms with Crippen molar-refractivity contribution < 1.29 is 5.11 Å². The highest BCUT2D eigenvalue weighted by atomic mass is 16.3. The Morgan fingerprint density at radius 1 is 1.22 bits per heavy atom. The first-order chi connectivity index (χ1) is 8.84. The summed E-state index contributed by atoms with van der Waals surface area (Å²) in [7, 11) is 0. The van der Waals surface area contributed by atoms with Crippen molar-refractivity contribution in [2.45, 2.75) is 25.1 Å². The van der Waals surface area contributed by atoms with E-state index in [0.29, 0.717) is 6.54 Å². The van der Waals surface area contributed by atoms with Gasteiger partial charge in [-0.25, -0.2) is 9.97 Å². The third kappa shape index (κ3) is 2.12. The molecule has 0 spiro atoms. The number of aliphatic hydroxyl groups excluding tert-OH is 1. The maximum atomic E-state index is 10.1. The van der Waals surface area contributed by atoms with Gasteiger partial charge >= 0.3 is 0 Å². The van der Waals surface area contributed by atoms with Crippen LogP contribution in [0.15, 0.2) is 43.0 Å². The van der Waals surface area contributed by atoms with E-state index in [1.165, 1.54) is 17.5 Å². The van der Waals surface area contributed by atoms with Crippen molar-refractivity contribution >= 4 is 0 Å². The first-order valence-electron chi connectivity index (χ1n) is 6.08. The molecule has 0 amide bonds. The molecule has 0 aliphatic heterocycles. The Kier molecular flexibility index (Phi) is 3.04. The Labute approximate surface area is 106 Å². The fourth-order valence-electron chi connectivity index (χ4n) is 2.47. The first kappa shape index (κ1) is 11.3. The summed E-state index contributed by atoms with van der Waals surface area (Å²) < 4.78 is 0. The van der Waals surface area contributed by atoms with Crippen molar-refractivity contribution in [3.05, 3.63) is 59.7 Å². The summed E-state index contributed by atoms with van der Waals surface area (Å²) in [6, 6.07) is 8.17. The van der Waals surface area contributed by atoms with Gasteiger partial charge in [0.2, 0.25) is 0 Å². The van der Waals surface area contributed by atoms with Gasteiger partial charge in [0.15, 0.2) is 0 Å². The van der Waals surface area contributed by atoms with Crippen LogP contribution in [0.4, 0.5) is 0 Å². The zero-order valence-electron chi connectivity index (χ0n) is 9.95. The highest BCUT2D eigenvalue weighted by Gasteiger charge is 2.29. The molecule has 1 aliphatic rings. The van der Waals surface area contributed by atoms with Gasteiger partial charge < -0.3 is 10.4 Å². The van der Waals surface area contributed by atoms with E-state index in [2.05, 4.69) is 27.4 Å². The van der Waals surface area contributed by atoms with Crippen LogP contribution in [0, 0.1) is 0 Å². The fourth-order valence-corrected chi connectivity index (χ4v) is 2.47. The lowest BCUT2D eigenvalue weighted by Crippen LogP contribution is -2.28. The average molecular weight is 241 g/mol. The molecule has 2 N–H and O–H groups in total. The largest absolute Gasteiger partial charge is 0.391 e. The Bertz CT molecular complexity index is 530. The molecule has 3 rings (SSSR count). The monoisotopic (exact) mass is 241 g/mol. The predicted octanol–water partition coefficient (Wildman–Crippen LogP) is 1.22. The molecule has 2 aromatic rings. The maximum Gasteiger partial charge on any atom is 0.115 e. The molecular weight excluding hydrogens is 226 g/mol. The van der Waals surface area contributed by atoms with Crippen molar-refractivity contribution in [3.63, 3.8) is 0 Å². The van der Waals surface area contributed by atoms with Gasteiger partial charge in [0.05, 0.1) is 12.1 Å². The summed E-state index contributed by atoms with van der Waals surface area (Å²) in [6.07, 6.45) is 5.45. The number of aliphatic hydroxyl groups is 1. The average Bonchev–Trinajstić information content (AvgIpc) is 2.73. The number of benzene rings is 1. The van der Waals surface area contributed by atoms with Crippen LogP contribution in [0.25, 0.3) is 0 Å². The summed E-state index contributed by atoms with van der Waals surface area (Å²) in [5.41, 5.74) is 3.45. The molecule has 0 unspecified atom stereocenters. The Morgan fingerprint density at radius 3 is 2.83 bits per heavy atom. The van der Waals surface area contributed by atoms with Crippen molar-refractivity contribution in [2.24, 2.45) is 0 Å². The summed E-state index contributed by atoms with van der Waals surface area (Å²) in [4.78, 5) is 7.96. The second-order valence-electron chi connectivity index (χ2n) is 4.58. The Balaban J connectivity index is 1.74. The SMILES string of the molecule is O[C@@H]1Cc2ccccc2[C@H]1NCc1cncnc1. The van der Waals surface area contributed by atoms with Crippen LogP contribution in [-0.4, -0.2) is 21.2 Å². The minimum Gasteiger partial charge on any atom is -0.391 e. The van der Waals surface area contributed by atoms with Crippen LogP contribution >= 0.6 is 0 Å². The third-order valence-electron chi connectivity index (χ3n) is 3.34. The summed E-state index contributed by atoms with van der Waals surface area (Å²) in [5, 5.41) is 13.5. The number of hydrogen-bond donors (Lipinski definition) is 2.